The second-order valence-electron chi connectivity index (χ2n) is 6.07. The van der Waals surface area contributed by atoms with E-state index >= 15 is 0 Å². The number of hydrogen-bond acceptors (Lipinski definition) is 4. The van der Waals surface area contributed by atoms with Crippen LogP contribution in [-0.2, 0) is 14.8 Å². The molecule has 2 fully saturated rings. The fourth-order valence-electron chi connectivity index (χ4n) is 3.21. The van der Waals surface area contributed by atoms with E-state index in [-0.39, 0.29) is 11.5 Å². The highest BCUT2D eigenvalue weighted by Crippen LogP contribution is 2.48. The minimum Gasteiger partial charge on any atom is -0.447 e. The Morgan fingerprint density at radius 1 is 1.18 bits per heavy atom. The maximum absolute atomic E-state index is 12.8. The van der Waals surface area contributed by atoms with Crippen LogP contribution in [0.4, 0.5) is 4.79 Å². The Morgan fingerprint density at radius 3 is 2.36 bits per heavy atom. The van der Waals surface area contributed by atoms with E-state index in [2.05, 4.69) is 6.58 Å². The van der Waals surface area contributed by atoms with Crippen molar-refractivity contribution >= 4 is 16.1 Å². The van der Waals surface area contributed by atoms with Crippen LogP contribution in [0.5, 0.6) is 0 Å². The lowest BCUT2D eigenvalue weighted by Crippen LogP contribution is -2.48. The first-order valence-corrected chi connectivity index (χ1v) is 8.79. The Hall–Kier alpha value is -1.82. The summed E-state index contributed by atoms with van der Waals surface area (Å²) in [6.07, 6.45) is 2.74. The van der Waals surface area contributed by atoms with Crippen LogP contribution >= 0.6 is 0 Å². The maximum atomic E-state index is 12.8. The van der Waals surface area contributed by atoms with Gasteiger partial charge in [-0.25, -0.2) is 13.2 Å². The first kappa shape index (κ1) is 15.1. The number of amides is 1. The van der Waals surface area contributed by atoms with Crippen molar-refractivity contribution in [2.24, 2.45) is 5.41 Å². The zero-order valence-electron chi connectivity index (χ0n) is 12.5. The predicted molar refractivity (Wildman–Crippen MR) is 81.6 cm³/mol. The van der Waals surface area contributed by atoms with E-state index in [9.17, 15) is 13.2 Å². The number of sulfonamides is 1. The van der Waals surface area contributed by atoms with Crippen LogP contribution in [0.15, 0.2) is 41.4 Å². The Labute approximate surface area is 130 Å². The molecule has 2 aliphatic rings. The fraction of sp³-hybridized carbons (Fsp3) is 0.438. The van der Waals surface area contributed by atoms with Gasteiger partial charge in [0.1, 0.15) is 6.61 Å². The Bertz CT molecular complexity index is 715. The smallest absolute Gasteiger partial charge is 0.428 e. The van der Waals surface area contributed by atoms with Gasteiger partial charge in [0.25, 0.3) is 10.0 Å². The topological polar surface area (TPSA) is 63.7 Å². The molecule has 1 amide bonds. The molecule has 1 aromatic carbocycles. The monoisotopic (exact) mass is 321 g/mol. The Kier molecular flexibility index (Phi) is 3.51. The summed E-state index contributed by atoms with van der Waals surface area (Å²) in [6, 6.07) is 6.41. The van der Waals surface area contributed by atoms with Gasteiger partial charge >= 0.3 is 6.09 Å². The Morgan fingerprint density at radius 2 is 1.77 bits per heavy atom. The molecule has 22 heavy (non-hydrogen) atoms. The van der Waals surface area contributed by atoms with Gasteiger partial charge in [-0.1, -0.05) is 37.1 Å². The summed E-state index contributed by atoms with van der Waals surface area (Å²) in [6.45, 7) is 6.04. The van der Waals surface area contributed by atoms with Crippen LogP contribution in [-0.4, -0.2) is 25.4 Å². The second-order valence-corrected chi connectivity index (χ2v) is 7.86. The molecule has 0 atom stereocenters. The molecule has 0 aromatic heterocycles. The van der Waals surface area contributed by atoms with Crippen molar-refractivity contribution in [1.82, 2.24) is 4.31 Å². The average molecular weight is 321 g/mol. The molecule has 1 saturated carbocycles. The summed E-state index contributed by atoms with van der Waals surface area (Å²) in [5.74, 6) is 0. The third-order valence-corrected chi connectivity index (χ3v) is 6.33. The summed E-state index contributed by atoms with van der Waals surface area (Å²) in [5.41, 5.74) is 0.874. The minimum atomic E-state index is -3.98. The van der Waals surface area contributed by atoms with Crippen molar-refractivity contribution in [1.29, 1.82) is 0 Å². The van der Waals surface area contributed by atoms with E-state index in [0.717, 1.165) is 35.6 Å². The lowest BCUT2D eigenvalue weighted by Gasteiger charge is -2.40. The zero-order chi connectivity index (χ0) is 16.0. The molecule has 1 aliphatic heterocycles. The lowest BCUT2D eigenvalue weighted by molar-refractivity contribution is 0.0514. The molecular formula is C16H19NO4S. The van der Waals surface area contributed by atoms with Crippen LogP contribution in [0.1, 0.15) is 31.2 Å². The number of carbonyl (C=O) groups excluding carboxylic acids is 1. The normalized spacial score (nSPS) is 21.2. The number of ether oxygens (including phenoxy) is 1. The third-order valence-electron chi connectivity index (χ3n) is 4.61. The van der Waals surface area contributed by atoms with Gasteiger partial charge in [0.2, 0.25) is 0 Å². The quantitative estimate of drug-likeness (QED) is 0.839. The van der Waals surface area contributed by atoms with Crippen molar-refractivity contribution in [3.05, 3.63) is 42.1 Å². The van der Waals surface area contributed by atoms with Crippen LogP contribution in [0.25, 0.3) is 0 Å². The van der Waals surface area contributed by atoms with Crippen LogP contribution in [0.2, 0.25) is 0 Å². The molecule has 1 aromatic rings. The van der Waals surface area contributed by atoms with Gasteiger partial charge in [-0.05, 0) is 31.9 Å². The maximum Gasteiger partial charge on any atom is 0.428 e. The van der Waals surface area contributed by atoms with Crippen molar-refractivity contribution in [3.63, 3.8) is 0 Å². The van der Waals surface area contributed by atoms with E-state index in [1.807, 2.05) is 6.92 Å². The predicted octanol–water partition coefficient (Wildman–Crippen LogP) is 3.21. The third kappa shape index (κ3) is 2.22. The Balaban J connectivity index is 2.02. The highest BCUT2D eigenvalue weighted by Gasteiger charge is 2.50. The van der Waals surface area contributed by atoms with E-state index in [1.165, 1.54) is 12.1 Å². The van der Waals surface area contributed by atoms with Crippen LogP contribution < -0.4 is 0 Å². The average Bonchev–Trinajstić information content (AvgIpc) is 2.94. The molecule has 1 aliphatic carbocycles. The number of carbonyl (C=O) groups is 1. The number of rotatable bonds is 2. The molecule has 3 rings (SSSR count). The molecular weight excluding hydrogens is 302 g/mol. The molecule has 0 N–H and O–H groups in total. The summed E-state index contributed by atoms with van der Waals surface area (Å²) in [7, 11) is -3.98. The second kappa shape index (κ2) is 5.12. The summed E-state index contributed by atoms with van der Waals surface area (Å²) >= 11 is 0. The first-order chi connectivity index (χ1) is 10.4. The highest BCUT2D eigenvalue weighted by molar-refractivity contribution is 7.89. The molecule has 1 saturated heterocycles. The van der Waals surface area contributed by atoms with Crippen LogP contribution in [0.3, 0.4) is 0 Å². The SMILES string of the molecule is C=C1N(S(=O)(=O)c2ccc(C)cc2)C(=O)OCC12CCCC2. The fourth-order valence-corrected chi connectivity index (χ4v) is 4.63. The first-order valence-electron chi connectivity index (χ1n) is 7.35. The van der Waals surface area contributed by atoms with Gasteiger partial charge in [-0.3, -0.25) is 0 Å². The van der Waals surface area contributed by atoms with Gasteiger partial charge < -0.3 is 4.74 Å². The van der Waals surface area contributed by atoms with Gasteiger partial charge in [0.15, 0.2) is 0 Å². The van der Waals surface area contributed by atoms with E-state index in [1.54, 1.807) is 12.1 Å². The summed E-state index contributed by atoms with van der Waals surface area (Å²) in [5, 5.41) is 0. The molecule has 0 unspecified atom stereocenters. The van der Waals surface area contributed by atoms with Crippen molar-refractivity contribution in [2.45, 2.75) is 37.5 Å². The number of nitrogens with zero attached hydrogens (tertiary/aromatic N) is 1. The number of aryl methyl sites for hydroxylation is 1. The largest absolute Gasteiger partial charge is 0.447 e. The van der Waals surface area contributed by atoms with Gasteiger partial charge in [-0.15, -0.1) is 0 Å². The van der Waals surface area contributed by atoms with Gasteiger partial charge in [-0.2, -0.15) is 4.31 Å². The highest BCUT2D eigenvalue weighted by atomic mass is 32.2. The van der Waals surface area contributed by atoms with E-state index in [0.29, 0.717) is 5.70 Å². The standard InChI is InChI=1S/C16H19NO4S/c1-12-5-7-14(8-6-12)22(19,20)17-13(2)16(9-3-4-10-16)11-21-15(17)18/h5-8H,2-4,9-11H2,1H3. The van der Waals surface area contributed by atoms with Crippen molar-refractivity contribution < 1.29 is 17.9 Å². The van der Waals surface area contributed by atoms with Gasteiger partial charge in [0.05, 0.1) is 4.90 Å². The molecule has 0 bridgehead atoms. The van der Waals surface area contributed by atoms with Crippen molar-refractivity contribution in [3.8, 4) is 0 Å². The number of hydrogen-bond donors (Lipinski definition) is 0. The zero-order valence-corrected chi connectivity index (χ0v) is 13.4. The van der Waals surface area contributed by atoms with Crippen molar-refractivity contribution in [2.75, 3.05) is 6.61 Å². The molecule has 5 nitrogen and oxygen atoms in total. The van der Waals surface area contributed by atoms with E-state index in [4.69, 9.17) is 4.74 Å². The molecule has 0 radical (unpaired) electrons. The van der Waals surface area contributed by atoms with Crippen LogP contribution in [0, 0.1) is 12.3 Å². The molecule has 1 heterocycles. The summed E-state index contributed by atoms with van der Waals surface area (Å²) in [4.78, 5) is 12.2. The molecule has 6 heteroatoms. The van der Waals surface area contributed by atoms with Gasteiger partial charge in [0, 0.05) is 11.1 Å². The molecule has 1 spiro atoms. The number of benzene rings is 1. The summed E-state index contributed by atoms with van der Waals surface area (Å²) < 4.78 is 31.6. The minimum absolute atomic E-state index is 0.0752. The molecule has 118 valence electrons. The number of cyclic esters (lactones) is 1. The van der Waals surface area contributed by atoms with E-state index < -0.39 is 21.5 Å². The lowest BCUT2D eigenvalue weighted by atomic mass is 9.83.